The van der Waals surface area contributed by atoms with E-state index in [0.29, 0.717) is 4.90 Å². The zero-order valence-corrected chi connectivity index (χ0v) is 10.6. The lowest BCUT2D eigenvalue weighted by atomic mass is 10.1. The van der Waals surface area contributed by atoms with Gasteiger partial charge in [0.25, 0.3) is 5.69 Å². The van der Waals surface area contributed by atoms with Gasteiger partial charge in [0, 0.05) is 11.0 Å². The maximum atomic E-state index is 12.3. The third-order valence-electron chi connectivity index (χ3n) is 2.90. The largest absolute Gasteiger partial charge is 0.393 e. The number of allylic oxidation sites excluding steroid dienone is 2. The number of rotatable bonds is 3. The molecule has 0 amide bonds. The Kier molecular flexibility index (Phi) is 3.76. The summed E-state index contributed by atoms with van der Waals surface area (Å²) >= 11 is 0. The maximum Gasteiger partial charge on any atom is 0.293 e. The van der Waals surface area contributed by atoms with Crippen LogP contribution in [0.4, 0.5) is 11.4 Å². The molecule has 0 radical (unpaired) electrons. The summed E-state index contributed by atoms with van der Waals surface area (Å²) < 4.78 is 12.3. The molecule has 0 aromatic heterocycles. The van der Waals surface area contributed by atoms with Crippen molar-refractivity contribution in [1.82, 2.24) is 0 Å². The Morgan fingerprint density at radius 2 is 2.11 bits per heavy atom. The van der Waals surface area contributed by atoms with Gasteiger partial charge in [0.2, 0.25) is 0 Å². The molecule has 1 unspecified atom stereocenters. The lowest BCUT2D eigenvalue weighted by Crippen LogP contribution is -2.02. The number of nitrogens with two attached hydrogens (primary N) is 1. The summed E-state index contributed by atoms with van der Waals surface area (Å²) in [7, 11) is -1.30. The zero-order chi connectivity index (χ0) is 13.1. The molecule has 96 valence electrons. The van der Waals surface area contributed by atoms with E-state index in [4.69, 9.17) is 5.73 Å². The number of nitrogens with zero attached hydrogens (tertiary/aromatic N) is 1. The van der Waals surface area contributed by atoms with E-state index >= 15 is 0 Å². The van der Waals surface area contributed by atoms with Crippen LogP contribution in [0.15, 0.2) is 34.1 Å². The molecule has 0 bridgehead atoms. The third kappa shape index (κ3) is 2.59. The number of hydrogen-bond acceptors (Lipinski definition) is 4. The van der Waals surface area contributed by atoms with Gasteiger partial charge < -0.3 is 5.73 Å². The molecule has 0 saturated carbocycles. The number of nitro groups is 1. The van der Waals surface area contributed by atoms with Crippen molar-refractivity contribution in [2.24, 2.45) is 0 Å². The summed E-state index contributed by atoms with van der Waals surface area (Å²) in [5.74, 6) is 0. The van der Waals surface area contributed by atoms with E-state index < -0.39 is 15.7 Å². The summed E-state index contributed by atoms with van der Waals surface area (Å²) in [6, 6.07) is 4.34. The molecule has 6 heteroatoms. The van der Waals surface area contributed by atoms with E-state index in [-0.39, 0.29) is 11.4 Å². The van der Waals surface area contributed by atoms with Crippen LogP contribution in [-0.4, -0.2) is 9.13 Å². The Bertz CT molecular complexity index is 540. The fraction of sp³-hybridized carbons (Fsp3) is 0.333. The standard InChI is InChI=1S/C12H14N2O3S/c13-11-7-6-10(8-12(11)14(15)16)18(17)9-4-2-1-3-5-9/h4,6-8H,1-3,5,13H2. The van der Waals surface area contributed by atoms with E-state index in [2.05, 4.69) is 0 Å². The van der Waals surface area contributed by atoms with Gasteiger partial charge in [-0.2, -0.15) is 0 Å². The number of anilines is 1. The summed E-state index contributed by atoms with van der Waals surface area (Å²) in [5.41, 5.74) is 5.43. The molecule has 18 heavy (non-hydrogen) atoms. The second-order valence-electron chi connectivity index (χ2n) is 4.16. The topological polar surface area (TPSA) is 86.2 Å². The van der Waals surface area contributed by atoms with Crippen molar-refractivity contribution >= 4 is 22.2 Å². The quantitative estimate of drug-likeness (QED) is 0.517. The molecule has 0 aliphatic heterocycles. The van der Waals surface area contributed by atoms with Crippen LogP contribution >= 0.6 is 0 Å². The predicted molar refractivity (Wildman–Crippen MR) is 70.5 cm³/mol. The minimum Gasteiger partial charge on any atom is -0.393 e. The summed E-state index contributed by atoms with van der Waals surface area (Å²) in [5, 5.41) is 10.8. The Morgan fingerprint density at radius 1 is 1.33 bits per heavy atom. The van der Waals surface area contributed by atoms with Crippen molar-refractivity contribution in [3.8, 4) is 0 Å². The van der Waals surface area contributed by atoms with Crippen molar-refractivity contribution < 1.29 is 9.13 Å². The van der Waals surface area contributed by atoms with Crippen molar-refractivity contribution in [3.63, 3.8) is 0 Å². The summed E-state index contributed by atoms with van der Waals surface area (Å²) in [6.45, 7) is 0. The fourth-order valence-electron chi connectivity index (χ4n) is 1.93. The highest BCUT2D eigenvalue weighted by atomic mass is 32.2. The van der Waals surface area contributed by atoms with Crippen LogP contribution in [0.5, 0.6) is 0 Å². The Hall–Kier alpha value is -1.69. The van der Waals surface area contributed by atoms with Gasteiger partial charge in [-0.25, -0.2) is 4.21 Å². The van der Waals surface area contributed by atoms with Crippen LogP contribution in [-0.2, 0) is 10.8 Å². The molecule has 5 nitrogen and oxygen atoms in total. The van der Waals surface area contributed by atoms with Crippen LogP contribution in [0.1, 0.15) is 25.7 Å². The maximum absolute atomic E-state index is 12.3. The van der Waals surface area contributed by atoms with Gasteiger partial charge >= 0.3 is 0 Å². The molecule has 0 spiro atoms. The van der Waals surface area contributed by atoms with Gasteiger partial charge in [0.05, 0.1) is 20.6 Å². The SMILES string of the molecule is Nc1ccc(S(=O)C2=CCCCC2)cc1[N+](=O)[O-]. The van der Waals surface area contributed by atoms with Crippen molar-refractivity contribution in [1.29, 1.82) is 0 Å². The van der Waals surface area contributed by atoms with E-state index in [1.54, 1.807) is 6.07 Å². The highest BCUT2D eigenvalue weighted by Crippen LogP contribution is 2.29. The van der Waals surface area contributed by atoms with Gasteiger partial charge in [-0.15, -0.1) is 0 Å². The molecule has 0 saturated heterocycles. The third-order valence-corrected chi connectivity index (χ3v) is 4.43. The van der Waals surface area contributed by atoms with E-state index in [1.807, 2.05) is 6.08 Å². The first-order chi connectivity index (χ1) is 8.59. The molecule has 2 N–H and O–H groups in total. The van der Waals surface area contributed by atoms with Crippen LogP contribution in [0, 0.1) is 10.1 Å². The van der Waals surface area contributed by atoms with Crippen LogP contribution in [0.3, 0.4) is 0 Å². The lowest BCUT2D eigenvalue weighted by Gasteiger charge is -2.12. The van der Waals surface area contributed by atoms with E-state index in [9.17, 15) is 14.3 Å². The molecule has 0 fully saturated rings. The van der Waals surface area contributed by atoms with Gasteiger partial charge in [-0.05, 0) is 37.8 Å². The monoisotopic (exact) mass is 266 g/mol. The van der Waals surface area contributed by atoms with Crippen molar-refractivity contribution in [3.05, 3.63) is 39.3 Å². The molecule has 2 rings (SSSR count). The molecule has 0 heterocycles. The number of hydrogen-bond donors (Lipinski definition) is 1. The van der Waals surface area contributed by atoms with Crippen molar-refractivity contribution in [2.75, 3.05) is 5.73 Å². The Labute approximate surface area is 107 Å². The van der Waals surface area contributed by atoms with Crippen molar-refractivity contribution in [2.45, 2.75) is 30.6 Å². The first-order valence-electron chi connectivity index (χ1n) is 5.74. The molecule has 1 aliphatic rings. The Balaban J connectivity index is 2.33. The first kappa shape index (κ1) is 12.8. The average molecular weight is 266 g/mol. The highest BCUT2D eigenvalue weighted by molar-refractivity contribution is 7.89. The number of nitro benzene ring substituents is 1. The average Bonchev–Trinajstić information content (AvgIpc) is 2.39. The van der Waals surface area contributed by atoms with E-state index in [0.717, 1.165) is 30.6 Å². The van der Waals surface area contributed by atoms with Gasteiger partial charge in [-0.1, -0.05) is 6.08 Å². The summed E-state index contributed by atoms with van der Waals surface area (Å²) in [6.07, 6.45) is 5.84. The smallest absolute Gasteiger partial charge is 0.293 e. The second kappa shape index (κ2) is 5.30. The Morgan fingerprint density at radius 3 is 2.72 bits per heavy atom. The molecule has 1 aromatic carbocycles. The normalized spacial score (nSPS) is 17.0. The molecule has 1 atom stereocenters. The minimum absolute atomic E-state index is 0.0957. The summed E-state index contributed by atoms with van der Waals surface area (Å²) in [4.78, 5) is 11.5. The fourth-order valence-corrected chi connectivity index (χ4v) is 3.24. The molecule has 1 aliphatic carbocycles. The highest BCUT2D eigenvalue weighted by Gasteiger charge is 2.18. The molecular formula is C12H14N2O3S. The zero-order valence-electron chi connectivity index (χ0n) is 9.80. The predicted octanol–water partition coefficient (Wildman–Crippen LogP) is 2.74. The van der Waals surface area contributed by atoms with E-state index in [1.165, 1.54) is 12.1 Å². The molecule has 1 aromatic rings. The van der Waals surface area contributed by atoms with Crippen LogP contribution in [0.25, 0.3) is 0 Å². The van der Waals surface area contributed by atoms with Gasteiger partial charge in [0.15, 0.2) is 0 Å². The lowest BCUT2D eigenvalue weighted by molar-refractivity contribution is -0.384. The second-order valence-corrected chi connectivity index (χ2v) is 5.70. The van der Waals surface area contributed by atoms with Crippen LogP contribution in [0.2, 0.25) is 0 Å². The number of nitrogen functional groups attached to an aromatic ring is 1. The number of benzene rings is 1. The van der Waals surface area contributed by atoms with Gasteiger partial charge in [0.1, 0.15) is 5.69 Å². The molecular weight excluding hydrogens is 252 g/mol. The van der Waals surface area contributed by atoms with Gasteiger partial charge in [-0.3, -0.25) is 10.1 Å². The van der Waals surface area contributed by atoms with Crippen LogP contribution < -0.4 is 5.73 Å². The minimum atomic E-state index is -1.30. The first-order valence-corrected chi connectivity index (χ1v) is 6.89.